The first kappa shape index (κ1) is 17.4. The van der Waals surface area contributed by atoms with Crippen molar-refractivity contribution in [1.29, 1.82) is 0 Å². The third-order valence-corrected chi connectivity index (χ3v) is 3.28. The van der Waals surface area contributed by atoms with Crippen LogP contribution < -0.4 is 15.4 Å². The molecule has 0 aromatic heterocycles. The molecule has 0 radical (unpaired) electrons. The molecule has 1 aromatic carbocycles. The normalized spacial score (nSPS) is 15.4. The van der Waals surface area contributed by atoms with Gasteiger partial charge in [0.05, 0.1) is 6.54 Å². The second-order valence-electron chi connectivity index (χ2n) is 5.63. The van der Waals surface area contributed by atoms with E-state index in [2.05, 4.69) is 15.6 Å². The van der Waals surface area contributed by atoms with Gasteiger partial charge in [0.25, 0.3) is 0 Å². The molecule has 0 bridgehead atoms. The van der Waals surface area contributed by atoms with E-state index in [9.17, 15) is 13.2 Å². The second-order valence-corrected chi connectivity index (χ2v) is 5.63. The van der Waals surface area contributed by atoms with Gasteiger partial charge >= 0.3 is 6.18 Å². The zero-order valence-corrected chi connectivity index (χ0v) is 13.3. The molecule has 7 heteroatoms. The molecule has 2 N–H and O–H groups in total. The van der Waals surface area contributed by atoms with Crippen molar-refractivity contribution in [2.45, 2.75) is 45.5 Å². The number of nitrogens with zero attached hydrogens (tertiary/aromatic N) is 1. The van der Waals surface area contributed by atoms with E-state index in [-0.39, 0.29) is 12.3 Å². The van der Waals surface area contributed by atoms with E-state index in [0.717, 1.165) is 24.9 Å². The maximum absolute atomic E-state index is 12.4. The molecule has 23 heavy (non-hydrogen) atoms. The molecule has 0 spiro atoms. The molecule has 128 valence electrons. The molecule has 4 nitrogen and oxygen atoms in total. The van der Waals surface area contributed by atoms with Crippen LogP contribution in [0, 0.1) is 6.92 Å². The average molecular weight is 329 g/mol. The van der Waals surface area contributed by atoms with Crippen LogP contribution in [0.4, 0.5) is 13.2 Å². The Morgan fingerprint density at radius 3 is 2.70 bits per heavy atom. The molecule has 1 aliphatic carbocycles. The number of nitrogens with one attached hydrogen (secondary N) is 2. The van der Waals surface area contributed by atoms with E-state index in [0.29, 0.717) is 17.6 Å². The summed E-state index contributed by atoms with van der Waals surface area (Å²) in [6, 6.07) is 5.65. The predicted octanol–water partition coefficient (Wildman–Crippen LogP) is 3.15. The summed E-state index contributed by atoms with van der Waals surface area (Å²) in [5.74, 6) is 0.908. The van der Waals surface area contributed by atoms with E-state index in [1.807, 2.05) is 19.9 Å². The SMILES string of the molecule is CCNC(=NCc1ccc(C)cc1OCC(F)(F)F)NC1CC1. The maximum Gasteiger partial charge on any atom is 0.422 e. The Morgan fingerprint density at radius 2 is 2.09 bits per heavy atom. The Bertz CT molecular complexity index is 554. The van der Waals surface area contributed by atoms with Crippen LogP contribution >= 0.6 is 0 Å². The van der Waals surface area contributed by atoms with Gasteiger partial charge in [0.2, 0.25) is 0 Å². The Labute approximate surface area is 134 Å². The van der Waals surface area contributed by atoms with Crippen molar-refractivity contribution in [3.05, 3.63) is 29.3 Å². The summed E-state index contributed by atoms with van der Waals surface area (Å²) in [6.07, 6.45) is -2.11. The van der Waals surface area contributed by atoms with Crippen molar-refractivity contribution < 1.29 is 17.9 Å². The molecule has 0 unspecified atom stereocenters. The summed E-state index contributed by atoms with van der Waals surface area (Å²) >= 11 is 0. The van der Waals surface area contributed by atoms with E-state index >= 15 is 0 Å². The number of guanidine groups is 1. The van der Waals surface area contributed by atoms with Crippen molar-refractivity contribution >= 4 is 5.96 Å². The standard InChI is InChI=1S/C16H22F3N3O/c1-3-20-15(22-13-6-7-13)21-9-12-5-4-11(2)8-14(12)23-10-16(17,18)19/h4-5,8,13H,3,6-7,9-10H2,1-2H3,(H2,20,21,22). The number of alkyl halides is 3. The molecule has 0 atom stereocenters. The van der Waals surface area contributed by atoms with Gasteiger partial charge in [0.1, 0.15) is 5.75 Å². The lowest BCUT2D eigenvalue weighted by atomic mass is 10.1. The first-order valence-electron chi connectivity index (χ1n) is 7.71. The largest absolute Gasteiger partial charge is 0.484 e. The number of ether oxygens (including phenoxy) is 1. The summed E-state index contributed by atoms with van der Waals surface area (Å²) in [5, 5.41) is 6.40. The average Bonchev–Trinajstić information content (AvgIpc) is 3.27. The van der Waals surface area contributed by atoms with Gasteiger partial charge in [0, 0.05) is 18.2 Å². The van der Waals surface area contributed by atoms with Crippen molar-refractivity contribution in [2.75, 3.05) is 13.2 Å². The molecular formula is C16H22F3N3O. The summed E-state index contributed by atoms with van der Waals surface area (Å²) in [4.78, 5) is 4.43. The minimum absolute atomic E-state index is 0.230. The molecule has 2 rings (SSSR count). The molecule has 1 aromatic rings. The molecule has 1 saturated carbocycles. The monoisotopic (exact) mass is 329 g/mol. The smallest absolute Gasteiger partial charge is 0.422 e. The Morgan fingerprint density at radius 1 is 1.35 bits per heavy atom. The van der Waals surface area contributed by atoms with Crippen LogP contribution in [-0.2, 0) is 6.54 Å². The van der Waals surface area contributed by atoms with Crippen LogP contribution in [0.25, 0.3) is 0 Å². The number of aliphatic imine (C=N–C) groups is 1. The zero-order chi connectivity index (χ0) is 16.9. The minimum atomic E-state index is -4.35. The Kier molecular flexibility index (Phi) is 5.74. The Hall–Kier alpha value is -1.92. The topological polar surface area (TPSA) is 45.7 Å². The first-order valence-corrected chi connectivity index (χ1v) is 7.71. The quantitative estimate of drug-likeness (QED) is 0.622. The van der Waals surface area contributed by atoms with E-state index in [4.69, 9.17) is 4.74 Å². The van der Waals surface area contributed by atoms with Gasteiger partial charge in [0.15, 0.2) is 12.6 Å². The molecule has 1 fully saturated rings. The summed E-state index contributed by atoms with van der Waals surface area (Å²) in [5.41, 5.74) is 1.48. The van der Waals surface area contributed by atoms with Crippen molar-refractivity contribution in [1.82, 2.24) is 10.6 Å². The zero-order valence-electron chi connectivity index (χ0n) is 13.3. The highest BCUT2D eigenvalue weighted by molar-refractivity contribution is 5.80. The van der Waals surface area contributed by atoms with Gasteiger partial charge in [-0.15, -0.1) is 0 Å². The molecular weight excluding hydrogens is 307 g/mol. The van der Waals surface area contributed by atoms with Gasteiger partial charge in [-0.1, -0.05) is 12.1 Å². The fraction of sp³-hybridized carbons (Fsp3) is 0.562. The molecule has 0 heterocycles. The highest BCUT2D eigenvalue weighted by Crippen LogP contribution is 2.24. The van der Waals surface area contributed by atoms with Crippen molar-refractivity contribution in [3.63, 3.8) is 0 Å². The van der Waals surface area contributed by atoms with Gasteiger partial charge in [-0.05, 0) is 38.3 Å². The predicted molar refractivity (Wildman–Crippen MR) is 83.7 cm³/mol. The fourth-order valence-corrected chi connectivity index (χ4v) is 1.99. The van der Waals surface area contributed by atoms with Crippen molar-refractivity contribution in [3.8, 4) is 5.75 Å². The molecule has 0 amide bonds. The number of halogens is 3. The lowest BCUT2D eigenvalue weighted by Crippen LogP contribution is -2.38. The highest BCUT2D eigenvalue weighted by Gasteiger charge is 2.28. The lowest BCUT2D eigenvalue weighted by Gasteiger charge is -2.14. The van der Waals surface area contributed by atoms with Gasteiger partial charge in [-0.3, -0.25) is 0 Å². The highest BCUT2D eigenvalue weighted by atomic mass is 19.4. The van der Waals surface area contributed by atoms with Gasteiger partial charge < -0.3 is 15.4 Å². The number of aryl methyl sites for hydroxylation is 1. The number of benzene rings is 1. The molecule has 0 saturated heterocycles. The van der Waals surface area contributed by atoms with Crippen LogP contribution in [-0.4, -0.2) is 31.3 Å². The van der Waals surface area contributed by atoms with Crippen LogP contribution in [0.15, 0.2) is 23.2 Å². The van der Waals surface area contributed by atoms with Crippen LogP contribution in [0.3, 0.4) is 0 Å². The third-order valence-electron chi connectivity index (χ3n) is 3.28. The van der Waals surface area contributed by atoms with Gasteiger partial charge in [-0.25, -0.2) is 4.99 Å². The first-order chi connectivity index (χ1) is 10.9. The van der Waals surface area contributed by atoms with E-state index < -0.39 is 12.8 Å². The lowest BCUT2D eigenvalue weighted by molar-refractivity contribution is -0.153. The van der Waals surface area contributed by atoms with E-state index in [1.165, 1.54) is 0 Å². The van der Waals surface area contributed by atoms with Crippen LogP contribution in [0.1, 0.15) is 30.9 Å². The number of hydrogen-bond acceptors (Lipinski definition) is 2. The maximum atomic E-state index is 12.4. The molecule has 0 aliphatic heterocycles. The fourth-order valence-electron chi connectivity index (χ4n) is 1.99. The summed E-state index contributed by atoms with van der Waals surface area (Å²) in [6.45, 7) is 3.47. The summed E-state index contributed by atoms with van der Waals surface area (Å²) in [7, 11) is 0. The van der Waals surface area contributed by atoms with Crippen LogP contribution in [0.2, 0.25) is 0 Å². The van der Waals surface area contributed by atoms with Crippen molar-refractivity contribution in [2.24, 2.45) is 4.99 Å². The minimum Gasteiger partial charge on any atom is -0.484 e. The van der Waals surface area contributed by atoms with Crippen LogP contribution in [0.5, 0.6) is 5.75 Å². The third kappa shape index (κ3) is 6.38. The van der Waals surface area contributed by atoms with E-state index in [1.54, 1.807) is 12.1 Å². The Balaban J connectivity index is 2.07. The molecule has 1 aliphatic rings. The summed E-state index contributed by atoms with van der Waals surface area (Å²) < 4.78 is 42.0. The van der Waals surface area contributed by atoms with Gasteiger partial charge in [-0.2, -0.15) is 13.2 Å². The number of rotatable bonds is 6. The number of hydrogen-bond donors (Lipinski definition) is 2. The second kappa shape index (κ2) is 7.57.